The molecular weight excluding hydrogens is 353 g/mol. The fourth-order valence-corrected chi connectivity index (χ4v) is 2.45. The molecule has 1 atom stereocenters. The van der Waals surface area contributed by atoms with Gasteiger partial charge in [-0.25, -0.2) is 0 Å². The summed E-state index contributed by atoms with van der Waals surface area (Å²) < 4.78 is 10.5. The van der Waals surface area contributed by atoms with Crippen molar-refractivity contribution in [2.24, 2.45) is 5.73 Å². The number of ether oxygens (including phenoxy) is 2. The number of morpholine rings is 1. The summed E-state index contributed by atoms with van der Waals surface area (Å²) in [6, 6.07) is 7.89. The fraction of sp³-hybridized carbons (Fsp3) is 0.562. The van der Waals surface area contributed by atoms with Gasteiger partial charge in [-0.2, -0.15) is 0 Å². The van der Waals surface area contributed by atoms with Crippen LogP contribution in [0, 0.1) is 0 Å². The Morgan fingerprint density at radius 2 is 2.00 bits per heavy atom. The molecule has 8 heteroatoms. The van der Waals surface area contributed by atoms with Gasteiger partial charge in [-0.3, -0.25) is 9.69 Å². The van der Waals surface area contributed by atoms with Crippen LogP contribution in [0.3, 0.4) is 0 Å². The van der Waals surface area contributed by atoms with Crippen LogP contribution in [-0.2, 0) is 20.8 Å². The number of halogens is 2. The number of hydrogen-bond acceptors (Lipinski definition) is 5. The number of carbonyl (C=O) groups is 1. The highest BCUT2D eigenvalue weighted by molar-refractivity contribution is 5.91. The quantitative estimate of drug-likeness (QED) is 0.753. The number of nitrogens with one attached hydrogen (secondary N) is 1. The first-order chi connectivity index (χ1) is 10.7. The topological polar surface area (TPSA) is 76.8 Å². The van der Waals surface area contributed by atoms with Crippen molar-refractivity contribution in [3.05, 3.63) is 29.8 Å². The van der Waals surface area contributed by atoms with Crippen LogP contribution in [0.15, 0.2) is 24.3 Å². The highest BCUT2D eigenvalue weighted by atomic mass is 35.5. The normalized spacial score (nSPS) is 15.8. The van der Waals surface area contributed by atoms with E-state index in [1.54, 1.807) is 7.11 Å². The second-order valence-corrected chi connectivity index (χ2v) is 5.39. The van der Waals surface area contributed by atoms with Crippen molar-refractivity contribution < 1.29 is 14.3 Å². The lowest BCUT2D eigenvalue weighted by Crippen LogP contribution is -2.36. The third kappa shape index (κ3) is 7.34. The monoisotopic (exact) mass is 379 g/mol. The van der Waals surface area contributed by atoms with E-state index in [1.165, 1.54) is 0 Å². The van der Waals surface area contributed by atoms with Crippen molar-refractivity contribution in [3.63, 3.8) is 0 Å². The predicted molar refractivity (Wildman–Crippen MR) is 100 cm³/mol. The van der Waals surface area contributed by atoms with Crippen molar-refractivity contribution in [2.75, 3.05) is 45.3 Å². The summed E-state index contributed by atoms with van der Waals surface area (Å²) in [4.78, 5) is 14.4. The van der Waals surface area contributed by atoms with Crippen LogP contribution in [0.2, 0.25) is 0 Å². The van der Waals surface area contributed by atoms with E-state index < -0.39 is 0 Å². The van der Waals surface area contributed by atoms with Crippen LogP contribution in [0.5, 0.6) is 0 Å². The van der Waals surface area contributed by atoms with Gasteiger partial charge in [0.1, 0.15) is 0 Å². The summed E-state index contributed by atoms with van der Waals surface area (Å²) >= 11 is 0. The number of para-hydroxylation sites is 1. The highest BCUT2D eigenvalue weighted by Crippen LogP contribution is 2.18. The third-order valence-corrected chi connectivity index (χ3v) is 3.80. The molecule has 1 fully saturated rings. The lowest BCUT2D eigenvalue weighted by molar-refractivity contribution is -0.118. The maximum atomic E-state index is 12.1. The Kier molecular flexibility index (Phi) is 12.0. The molecule has 1 unspecified atom stereocenters. The van der Waals surface area contributed by atoms with E-state index in [4.69, 9.17) is 15.2 Å². The number of rotatable bonds is 7. The molecule has 0 radical (unpaired) electrons. The van der Waals surface area contributed by atoms with Gasteiger partial charge in [0.2, 0.25) is 5.91 Å². The van der Waals surface area contributed by atoms with E-state index in [-0.39, 0.29) is 43.2 Å². The summed E-state index contributed by atoms with van der Waals surface area (Å²) in [7, 11) is 1.57. The zero-order valence-electron chi connectivity index (χ0n) is 13.9. The molecule has 0 spiro atoms. The summed E-state index contributed by atoms with van der Waals surface area (Å²) in [5, 5.41) is 2.97. The zero-order chi connectivity index (χ0) is 15.8. The average molecular weight is 380 g/mol. The lowest BCUT2D eigenvalue weighted by atomic mass is 10.1. The van der Waals surface area contributed by atoms with Gasteiger partial charge < -0.3 is 20.5 Å². The number of methoxy groups -OCH3 is 1. The number of hydrogen-bond donors (Lipinski definition) is 2. The van der Waals surface area contributed by atoms with Crippen LogP contribution in [0.1, 0.15) is 12.0 Å². The summed E-state index contributed by atoms with van der Waals surface area (Å²) in [5.41, 5.74) is 7.52. The second-order valence-electron chi connectivity index (χ2n) is 5.39. The van der Waals surface area contributed by atoms with Crippen LogP contribution >= 0.6 is 24.8 Å². The molecule has 3 N–H and O–H groups in total. The Hall–Kier alpha value is -0.890. The molecule has 0 saturated carbocycles. The molecule has 24 heavy (non-hydrogen) atoms. The first-order valence-corrected chi connectivity index (χ1v) is 7.63. The van der Waals surface area contributed by atoms with Crippen molar-refractivity contribution in [2.45, 2.75) is 19.1 Å². The highest BCUT2D eigenvalue weighted by Gasteiger charge is 2.15. The van der Waals surface area contributed by atoms with E-state index >= 15 is 0 Å². The van der Waals surface area contributed by atoms with Gasteiger partial charge in [0.05, 0.1) is 25.7 Å². The lowest BCUT2D eigenvalue weighted by Gasteiger charge is -2.27. The van der Waals surface area contributed by atoms with E-state index in [0.717, 1.165) is 44.1 Å². The summed E-state index contributed by atoms with van der Waals surface area (Å²) in [6.45, 7) is 4.51. The molecule has 0 bridgehead atoms. The molecule has 1 aromatic carbocycles. The minimum absolute atomic E-state index is 0. The van der Waals surface area contributed by atoms with Crippen LogP contribution < -0.4 is 11.1 Å². The molecule has 0 aromatic heterocycles. The largest absolute Gasteiger partial charge is 0.380 e. The van der Waals surface area contributed by atoms with E-state index in [2.05, 4.69) is 10.2 Å². The molecule has 1 aliphatic rings. The number of carbonyl (C=O) groups excluding carboxylic acids is 1. The molecule has 1 aliphatic heterocycles. The van der Waals surface area contributed by atoms with Gasteiger partial charge >= 0.3 is 0 Å². The Morgan fingerprint density at radius 1 is 1.33 bits per heavy atom. The molecule has 1 heterocycles. The first-order valence-electron chi connectivity index (χ1n) is 7.63. The third-order valence-electron chi connectivity index (χ3n) is 3.80. The van der Waals surface area contributed by atoms with Gasteiger partial charge in [0.25, 0.3) is 0 Å². The molecular formula is C16H27Cl2N3O3. The van der Waals surface area contributed by atoms with E-state index in [1.807, 2.05) is 24.3 Å². The van der Waals surface area contributed by atoms with Gasteiger partial charge in [0.15, 0.2) is 0 Å². The van der Waals surface area contributed by atoms with Crippen molar-refractivity contribution in [3.8, 4) is 0 Å². The molecule has 6 nitrogen and oxygen atoms in total. The summed E-state index contributed by atoms with van der Waals surface area (Å²) in [6.07, 6.45) is 0.0187. The molecule has 0 aliphatic carbocycles. The smallest absolute Gasteiger partial charge is 0.227 e. The SMILES string of the molecule is COC(CN)CC(=O)Nc1ccccc1CN1CCOCC1.Cl.Cl. The molecule has 2 rings (SSSR count). The number of nitrogens with two attached hydrogens (primary N) is 1. The number of anilines is 1. The minimum Gasteiger partial charge on any atom is -0.380 e. The van der Waals surface area contributed by atoms with Crippen LogP contribution in [0.4, 0.5) is 5.69 Å². The summed E-state index contributed by atoms with van der Waals surface area (Å²) in [5.74, 6) is -0.0771. The van der Waals surface area contributed by atoms with E-state index in [9.17, 15) is 4.79 Å². The maximum absolute atomic E-state index is 12.1. The Balaban J connectivity index is 0.00000264. The minimum atomic E-state index is -0.244. The van der Waals surface area contributed by atoms with E-state index in [0.29, 0.717) is 6.54 Å². The van der Waals surface area contributed by atoms with Gasteiger partial charge in [-0.15, -0.1) is 24.8 Å². The van der Waals surface area contributed by atoms with Crippen molar-refractivity contribution in [1.82, 2.24) is 4.90 Å². The number of nitrogens with zero attached hydrogens (tertiary/aromatic N) is 1. The predicted octanol–water partition coefficient (Wildman–Crippen LogP) is 1.66. The maximum Gasteiger partial charge on any atom is 0.227 e. The molecule has 138 valence electrons. The van der Waals surface area contributed by atoms with Crippen LogP contribution in [0.25, 0.3) is 0 Å². The number of amides is 1. The van der Waals surface area contributed by atoms with Crippen molar-refractivity contribution >= 4 is 36.4 Å². The van der Waals surface area contributed by atoms with Crippen molar-refractivity contribution in [1.29, 1.82) is 0 Å². The average Bonchev–Trinajstić information content (AvgIpc) is 2.55. The fourth-order valence-electron chi connectivity index (χ4n) is 2.45. The Bertz CT molecular complexity index is 481. The standard InChI is InChI=1S/C16H25N3O3.2ClH/c1-21-14(11-17)10-16(20)18-15-5-3-2-4-13(15)12-19-6-8-22-9-7-19;;/h2-5,14H,6-12,17H2,1H3,(H,18,20);2*1H. The molecule has 1 aromatic rings. The van der Waals surface area contributed by atoms with Crippen LogP contribution in [-0.4, -0.2) is 56.9 Å². The number of benzene rings is 1. The molecule has 1 amide bonds. The van der Waals surface area contributed by atoms with Gasteiger partial charge in [-0.05, 0) is 11.6 Å². The zero-order valence-corrected chi connectivity index (χ0v) is 15.5. The van der Waals surface area contributed by atoms with Gasteiger partial charge in [-0.1, -0.05) is 18.2 Å². The molecule has 1 saturated heterocycles. The second kappa shape index (κ2) is 12.5. The Labute approximate surface area is 155 Å². The van der Waals surface area contributed by atoms with Gasteiger partial charge in [0, 0.05) is 39.0 Å². The first kappa shape index (κ1) is 23.1. The Morgan fingerprint density at radius 3 is 2.62 bits per heavy atom.